The highest BCUT2D eigenvalue weighted by atomic mass is 16.2. The van der Waals surface area contributed by atoms with Gasteiger partial charge in [-0.1, -0.05) is 19.3 Å². The van der Waals surface area contributed by atoms with Gasteiger partial charge in [-0.15, -0.1) is 0 Å². The Morgan fingerprint density at radius 1 is 1.39 bits per heavy atom. The molecule has 0 unspecified atom stereocenters. The Bertz CT molecular complexity index is 331. The second-order valence-corrected chi connectivity index (χ2v) is 6.52. The van der Waals surface area contributed by atoms with Crippen LogP contribution in [-0.4, -0.2) is 28.7 Å². The second-order valence-electron chi connectivity index (χ2n) is 6.52. The zero-order chi connectivity index (χ0) is 13.2. The van der Waals surface area contributed by atoms with Gasteiger partial charge >= 0.3 is 0 Å². The normalized spacial score (nSPS) is 23.9. The van der Waals surface area contributed by atoms with Gasteiger partial charge in [0.15, 0.2) is 5.78 Å². The maximum absolute atomic E-state index is 12.2. The number of rotatable bonds is 4. The van der Waals surface area contributed by atoms with E-state index in [4.69, 9.17) is 0 Å². The van der Waals surface area contributed by atoms with Gasteiger partial charge in [0.2, 0.25) is 5.91 Å². The van der Waals surface area contributed by atoms with E-state index in [1.165, 1.54) is 25.7 Å². The van der Waals surface area contributed by atoms with E-state index in [0.29, 0.717) is 19.4 Å². The zero-order valence-electron chi connectivity index (χ0n) is 11.7. The number of ketones is 1. The summed E-state index contributed by atoms with van der Waals surface area (Å²) < 4.78 is 0. The van der Waals surface area contributed by atoms with Crippen molar-refractivity contribution >= 4 is 11.7 Å². The molecule has 102 valence electrons. The van der Waals surface area contributed by atoms with Crippen molar-refractivity contribution in [3.8, 4) is 0 Å². The third kappa shape index (κ3) is 3.12. The van der Waals surface area contributed by atoms with Gasteiger partial charge in [0.25, 0.3) is 0 Å². The van der Waals surface area contributed by atoms with Crippen LogP contribution in [0.4, 0.5) is 0 Å². The van der Waals surface area contributed by atoms with Crippen LogP contribution in [0.3, 0.4) is 0 Å². The van der Waals surface area contributed by atoms with Crippen molar-refractivity contribution < 1.29 is 9.59 Å². The van der Waals surface area contributed by atoms with Crippen LogP contribution in [0, 0.1) is 5.92 Å². The first-order valence-corrected chi connectivity index (χ1v) is 7.31. The fourth-order valence-corrected chi connectivity index (χ4v) is 2.93. The predicted molar refractivity (Wildman–Crippen MR) is 71.2 cm³/mol. The summed E-state index contributed by atoms with van der Waals surface area (Å²) in [6.07, 6.45) is 8.29. The van der Waals surface area contributed by atoms with Crippen LogP contribution in [0.2, 0.25) is 0 Å². The lowest BCUT2D eigenvalue weighted by Crippen LogP contribution is -2.53. The molecule has 18 heavy (non-hydrogen) atoms. The first-order chi connectivity index (χ1) is 8.49. The number of piperidine rings is 1. The van der Waals surface area contributed by atoms with Gasteiger partial charge in [0, 0.05) is 18.4 Å². The molecular formula is C15H25NO2. The Kier molecular flexibility index (Phi) is 4.08. The molecule has 1 heterocycles. The number of likely N-dealkylation sites (tertiary alicyclic amines) is 1. The fourth-order valence-electron chi connectivity index (χ4n) is 2.93. The Hall–Kier alpha value is -0.860. The average molecular weight is 251 g/mol. The molecule has 1 aliphatic carbocycles. The minimum Gasteiger partial charge on any atom is -0.330 e. The highest BCUT2D eigenvalue weighted by Crippen LogP contribution is 2.31. The quantitative estimate of drug-likeness (QED) is 0.770. The monoisotopic (exact) mass is 251 g/mol. The first kappa shape index (κ1) is 13.6. The topological polar surface area (TPSA) is 37.4 Å². The Morgan fingerprint density at radius 2 is 2.11 bits per heavy atom. The SMILES string of the molecule is CC1(C)CCC(=O)CN1C(=O)CCCC1CCC1. The molecule has 3 heteroatoms. The number of carbonyl (C=O) groups excluding carboxylic acids is 2. The lowest BCUT2D eigenvalue weighted by molar-refractivity contribution is -0.144. The largest absolute Gasteiger partial charge is 0.330 e. The first-order valence-electron chi connectivity index (χ1n) is 7.31. The molecule has 0 aromatic heterocycles. The van der Waals surface area contributed by atoms with Crippen molar-refractivity contribution in [2.45, 2.75) is 70.8 Å². The van der Waals surface area contributed by atoms with Crippen LogP contribution in [0.15, 0.2) is 0 Å². The molecule has 2 fully saturated rings. The highest BCUT2D eigenvalue weighted by Gasteiger charge is 2.36. The smallest absolute Gasteiger partial charge is 0.223 e. The minimum atomic E-state index is -0.137. The molecule has 1 amide bonds. The molecule has 1 saturated heterocycles. The van der Waals surface area contributed by atoms with E-state index in [2.05, 4.69) is 13.8 Å². The average Bonchev–Trinajstić information content (AvgIpc) is 2.25. The summed E-state index contributed by atoms with van der Waals surface area (Å²) in [4.78, 5) is 25.5. The van der Waals surface area contributed by atoms with Crippen molar-refractivity contribution in [1.82, 2.24) is 4.90 Å². The second kappa shape index (κ2) is 5.41. The molecule has 0 radical (unpaired) electrons. The van der Waals surface area contributed by atoms with Crippen LogP contribution in [0.25, 0.3) is 0 Å². The van der Waals surface area contributed by atoms with Gasteiger partial charge in [-0.2, -0.15) is 0 Å². The van der Waals surface area contributed by atoms with E-state index >= 15 is 0 Å². The number of Topliss-reactive ketones (excluding diaryl/α,β-unsaturated/α-hetero) is 1. The summed E-state index contributed by atoms with van der Waals surface area (Å²) in [5.41, 5.74) is -0.137. The molecule has 0 N–H and O–H groups in total. The van der Waals surface area contributed by atoms with E-state index in [-0.39, 0.29) is 17.2 Å². The molecule has 3 nitrogen and oxygen atoms in total. The van der Waals surface area contributed by atoms with Gasteiger partial charge in [-0.3, -0.25) is 9.59 Å². The van der Waals surface area contributed by atoms with Crippen molar-refractivity contribution in [2.75, 3.05) is 6.54 Å². The summed E-state index contributed by atoms with van der Waals surface area (Å²) >= 11 is 0. The van der Waals surface area contributed by atoms with E-state index in [1.54, 1.807) is 4.90 Å². The lowest BCUT2D eigenvalue weighted by Gasteiger charge is -2.42. The maximum atomic E-state index is 12.2. The van der Waals surface area contributed by atoms with Crippen LogP contribution in [0.5, 0.6) is 0 Å². The molecule has 0 atom stereocenters. The standard InChI is InChI=1S/C15H25NO2/c1-15(2)10-9-13(17)11-16(15)14(18)8-4-7-12-5-3-6-12/h12H,3-11H2,1-2H3. The Balaban J connectivity index is 1.80. The van der Waals surface area contributed by atoms with Crippen molar-refractivity contribution in [1.29, 1.82) is 0 Å². The molecule has 0 aromatic carbocycles. The summed E-state index contributed by atoms with van der Waals surface area (Å²) in [7, 11) is 0. The maximum Gasteiger partial charge on any atom is 0.223 e. The van der Waals surface area contributed by atoms with Crippen LogP contribution in [-0.2, 0) is 9.59 Å². The van der Waals surface area contributed by atoms with Crippen LogP contribution >= 0.6 is 0 Å². The predicted octanol–water partition coefficient (Wildman–Crippen LogP) is 2.93. The third-order valence-corrected chi connectivity index (χ3v) is 4.61. The van der Waals surface area contributed by atoms with E-state index in [9.17, 15) is 9.59 Å². The van der Waals surface area contributed by atoms with Gasteiger partial charge in [0.1, 0.15) is 0 Å². The number of nitrogens with zero attached hydrogens (tertiary/aromatic N) is 1. The number of hydrogen-bond donors (Lipinski definition) is 0. The summed E-state index contributed by atoms with van der Waals surface area (Å²) in [5, 5.41) is 0. The molecule has 1 aliphatic heterocycles. The summed E-state index contributed by atoms with van der Waals surface area (Å²) in [6, 6.07) is 0. The molecule has 2 aliphatic rings. The van der Waals surface area contributed by atoms with Gasteiger partial charge < -0.3 is 4.90 Å². The lowest BCUT2D eigenvalue weighted by atomic mass is 9.81. The summed E-state index contributed by atoms with van der Waals surface area (Å²) in [6.45, 7) is 4.47. The van der Waals surface area contributed by atoms with Crippen LogP contribution in [0.1, 0.15) is 65.2 Å². The minimum absolute atomic E-state index is 0.137. The zero-order valence-corrected chi connectivity index (χ0v) is 11.7. The number of hydrogen-bond acceptors (Lipinski definition) is 2. The molecule has 1 saturated carbocycles. The van der Waals surface area contributed by atoms with Crippen molar-refractivity contribution in [2.24, 2.45) is 5.92 Å². The van der Waals surface area contributed by atoms with Gasteiger partial charge in [-0.25, -0.2) is 0 Å². The third-order valence-electron chi connectivity index (χ3n) is 4.61. The van der Waals surface area contributed by atoms with E-state index in [1.807, 2.05) is 0 Å². The Labute approximate surface area is 110 Å². The van der Waals surface area contributed by atoms with E-state index in [0.717, 1.165) is 18.8 Å². The van der Waals surface area contributed by atoms with Gasteiger partial charge in [0.05, 0.1) is 6.54 Å². The number of amides is 1. The molecule has 0 aromatic rings. The molecule has 2 rings (SSSR count). The Morgan fingerprint density at radius 3 is 2.72 bits per heavy atom. The van der Waals surface area contributed by atoms with E-state index < -0.39 is 0 Å². The summed E-state index contributed by atoms with van der Waals surface area (Å²) in [5.74, 6) is 1.25. The number of carbonyl (C=O) groups is 2. The highest BCUT2D eigenvalue weighted by molar-refractivity contribution is 5.88. The van der Waals surface area contributed by atoms with Crippen molar-refractivity contribution in [3.05, 3.63) is 0 Å². The molecule has 0 bridgehead atoms. The van der Waals surface area contributed by atoms with Crippen LogP contribution < -0.4 is 0 Å². The molecular weight excluding hydrogens is 226 g/mol. The molecule has 0 spiro atoms. The fraction of sp³-hybridized carbons (Fsp3) is 0.867. The van der Waals surface area contributed by atoms with Gasteiger partial charge in [-0.05, 0) is 39.0 Å². The van der Waals surface area contributed by atoms with Crippen molar-refractivity contribution in [3.63, 3.8) is 0 Å².